The van der Waals surface area contributed by atoms with Crippen LogP contribution in [0.5, 0.6) is 0 Å². The molecule has 6 aliphatic rings. The number of hydrogen-bond donors (Lipinski definition) is 5. The van der Waals surface area contributed by atoms with Crippen molar-refractivity contribution in [1.82, 2.24) is 44.5 Å². The molecule has 0 atom stereocenters. The number of alkyl halides is 6. The zero-order valence-electron chi connectivity index (χ0n) is 52.3. The molecule has 6 heterocycles. The molecule has 512 valence electrons. The first kappa shape index (κ1) is 74.0. The molecular weight excluding hydrogens is 1310 g/mol. The minimum absolute atomic E-state index is 0. The molecule has 12 rings (SSSR count). The molecule has 3 fully saturated rings. The Labute approximate surface area is 551 Å². The second kappa shape index (κ2) is 26.7. The number of halogens is 12. The van der Waals surface area contributed by atoms with E-state index in [0.29, 0.717) is 34.6 Å². The van der Waals surface area contributed by atoms with Crippen molar-refractivity contribution in [2.45, 2.75) is 167 Å². The highest BCUT2D eigenvalue weighted by atomic mass is 35.5. The van der Waals surface area contributed by atoms with Crippen molar-refractivity contribution in [3.8, 4) is 33.8 Å². The summed E-state index contributed by atoms with van der Waals surface area (Å²) in [5, 5.41) is 15.9. The monoisotopic (exact) mass is 1390 g/mol. The maximum absolute atomic E-state index is 14.1. The topological polar surface area (TPSA) is 271 Å². The van der Waals surface area contributed by atoms with E-state index >= 15 is 0 Å². The fourth-order valence-electron chi connectivity index (χ4n) is 12.8. The third-order valence-corrected chi connectivity index (χ3v) is 17.1. The number of nitrogens with zero attached hydrogens (tertiary/aromatic N) is 8. The van der Waals surface area contributed by atoms with Crippen LogP contribution in [0.4, 0.5) is 44.3 Å². The third-order valence-electron chi connectivity index (χ3n) is 16.2. The van der Waals surface area contributed by atoms with Crippen molar-refractivity contribution >= 4 is 64.5 Å². The van der Waals surface area contributed by atoms with E-state index in [-0.39, 0.29) is 125 Å². The number of fused-ring (bicyclic) bond motifs is 6. The van der Waals surface area contributed by atoms with Crippen molar-refractivity contribution < 1.29 is 68.2 Å². The molecule has 0 unspecified atom stereocenters. The fourth-order valence-corrected chi connectivity index (χ4v) is 13.4. The Morgan fingerprint density at radius 2 is 0.862 bits per heavy atom. The van der Waals surface area contributed by atoms with Crippen molar-refractivity contribution in [2.75, 3.05) is 26.7 Å². The first-order valence-corrected chi connectivity index (χ1v) is 30.6. The predicted molar refractivity (Wildman–Crippen MR) is 336 cm³/mol. The van der Waals surface area contributed by atoms with Gasteiger partial charge < -0.3 is 37.9 Å². The molecule has 19 nitrogen and oxygen atoms in total. The van der Waals surface area contributed by atoms with Crippen LogP contribution in [0.1, 0.15) is 156 Å². The average molecular weight is 1390 g/mol. The summed E-state index contributed by atoms with van der Waals surface area (Å²) in [5.74, 6) is -13.1. The summed E-state index contributed by atoms with van der Waals surface area (Å²) in [5.41, 5.74) is 19.6. The molecular formula is C63H75Cl3F9N13O6. The largest absolute Gasteiger partial charge is 0.444 e. The van der Waals surface area contributed by atoms with Gasteiger partial charge in [0.25, 0.3) is 35.5 Å². The molecule has 31 heteroatoms. The van der Waals surface area contributed by atoms with Gasteiger partial charge in [-0.15, -0.1) is 0 Å². The van der Waals surface area contributed by atoms with Gasteiger partial charge in [-0.05, 0) is 87.8 Å². The van der Waals surface area contributed by atoms with Crippen LogP contribution in [0.15, 0.2) is 54.6 Å². The highest BCUT2D eigenvalue weighted by Gasteiger charge is 2.64. The first-order valence-electron chi connectivity index (χ1n) is 29.5. The fraction of sp³-hybridized carbons (Fsp3) is 0.492. The smallest absolute Gasteiger partial charge is 0.410 e. The molecule has 0 bridgehead atoms. The summed E-state index contributed by atoms with van der Waals surface area (Å²) < 4.78 is 134. The molecule has 3 aliphatic carbocycles. The molecule has 0 radical (unpaired) electrons. The minimum atomic E-state index is -2.94. The molecule has 3 aliphatic heterocycles. The van der Waals surface area contributed by atoms with Crippen molar-refractivity contribution in [2.24, 2.45) is 28.3 Å². The minimum Gasteiger partial charge on any atom is -0.444 e. The van der Waals surface area contributed by atoms with Gasteiger partial charge in [0.05, 0.1) is 85.1 Å². The molecule has 3 saturated carbocycles. The SMILES string of the molecule is C.CC.CC(C)(C)CC(=O)N1Cc2c(C(N)=O)c(-c3ccc(F)c(Cl)c3)nn2C2(C1)CC(F)(F)C2.CC(C)(C)OC(=O)N1Cc2c(C(N)=O)c(-c3ccc(F)c(Cl)c3)nn2C2(C1)CC(F)(F)C2.CN.NC(=O)c1c(-c2ccc(F)c(Cl)c2)nn2c1CNCC21CC(F)(F)C1. The quantitative estimate of drug-likeness (QED) is 0.0938. The van der Waals surface area contributed by atoms with Crippen LogP contribution >= 0.6 is 34.8 Å². The standard InChI is InChI=1S/C22H24ClF3N4O2.C21H22ClF3N4O3.C16H14ClF3N4O.C2H6.CH5N.CH4/c1-20(2,3)7-16(31)29-8-15-17(19(27)32)18(12-4-5-14(24)13(23)6-12)28-30(15)21(11-29)9-22(25,26)10-21;1-19(2,3)32-18(31)28-7-14-15(17(26)30)16(11-4-5-13(23)12(22)6-11)27-29(14)20(10-28)8-21(24,25)9-20;17-9-3-8(1-2-10(9)18)13-12(14(21)25)11-4-22-7-15(24(11)23-13)5-16(19,20)6-15;2*1-2;/h4-6H,7-11H2,1-3H3,(H2,27,32);4-6H,7-10H2,1-3H3,(H2,26,30);1-3,22H,4-7H2,(H2,21,25);1-2H3;2H2,1H3;1H4. The Morgan fingerprint density at radius 1 is 0.543 bits per heavy atom. The van der Waals surface area contributed by atoms with E-state index in [1.165, 1.54) is 67.3 Å². The maximum Gasteiger partial charge on any atom is 0.410 e. The van der Waals surface area contributed by atoms with Gasteiger partial charge in [0.2, 0.25) is 5.91 Å². The highest BCUT2D eigenvalue weighted by Crippen LogP contribution is 2.56. The second-order valence-corrected chi connectivity index (χ2v) is 27.2. The van der Waals surface area contributed by atoms with E-state index in [0.717, 1.165) is 18.2 Å². The predicted octanol–water partition coefficient (Wildman–Crippen LogP) is 12.6. The molecule has 0 saturated heterocycles. The Balaban J connectivity index is 0.000000195. The number of ether oxygens (including phenoxy) is 1. The lowest BCUT2D eigenvalue weighted by Crippen LogP contribution is -2.63. The summed E-state index contributed by atoms with van der Waals surface area (Å²) in [4.78, 5) is 65.4. The van der Waals surface area contributed by atoms with Crippen LogP contribution < -0.4 is 28.3 Å². The molecule has 94 heavy (non-hydrogen) atoms. The number of carbonyl (C=O) groups is 5. The van der Waals surface area contributed by atoms with E-state index in [4.69, 9.17) is 56.7 Å². The average Bonchev–Trinajstić information content (AvgIpc) is 1.45. The van der Waals surface area contributed by atoms with Crippen LogP contribution in [-0.2, 0) is 45.8 Å². The summed E-state index contributed by atoms with van der Waals surface area (Å²) in [6.07, 6.45) is -3.31. The van der Waals surface area contributed by atoms with Gasteiger partial charge in [-0.1, -0.05) is 76.8 Å². The Morgan fingerprint density at radius 3 is 1.18 bits per heavy atom. The Kier molecular flexibility index (Phi) is 21.0. The number of rotatable bonds is 7. The maximum atomic E-state index is 14.1. The number of benzene rings is 3. The van der Waals surface area contributed by atoms with Gasteiger partial charge >= 0.3 is 6.09 Å². The zero-order chi connectivity index (χ0) is 69.3. The van der Waals surface area contributed by atoms with Crippen LogP contribution in [0, 0.1) is 22.9 Å². The van der Waals surface area contributed by atoms with E-state index < -0.39 is 107 Å². The van der Waals surface area contributed by atoms with E-state index in [1.54, 1.807) is 20.8 Å². The number of nitrogens with two attached hydrogens (primary N) is 4. The summed E-state index contributed by atoms with van der Waals surface area (Å²) in [6, 6.07) is 11.5. The van der Waals surface area contributed by atoms with Crippen molar-refractivity contribution in [1.29, 1.82) is 0 Å². The highest BCUT2D eigenvalue weighted by molar-refractivity contribution is 6.31. The number of amides is 5. The van der Waals surface area contributed by atoms with Gasteiger partial charge in [-0.25, -0.2) is 44.3 Å². The lowest BCUT2D eigenvalue weighted by molar-refractivity contribution is -0.177. The van der Waals surface area contributed by atoms with Crippen LogP contribution in [0.25, 0.3) is 33.8 Å². The molecule has 3 aromatic heterocycles. The molecule has 6 aromatic rings. The van der Waals surface area contributed by atoms with Gasteiger partial charge in [0.15, 0.2) is 0 Å². The lowest BCUT2D eigenvalue weighted by atomic mass is 9.71. The van der Waals surface area contributed by atoms with Gasteiger partial charge in [0.1, 0.15) is 40.1 Å². The van der Waals surface area contributed by atoms with E-state index in [2.05, 4.69) is 26.3 Å². The zero-order valence-corrected chi connectivity index (χ0v) is 54.5. The number of hydrogen-bond acceptors (Lipinski definition) is 11. The van der Waals surface area contributed by atoms with Gasteiger partial charge in [-0.3, -0.25) is 38.1 Å². The molecule has 9 N–H and O–H groups in total. The Bertz CT molecular complexity index is 3740. The van der Waals surface area contributed by atoms with Crippen LogP contribution in [0.3, 0.4) is 0 Å². The number of primary amides is 3. The second-order valence-electron chi connectivity index (χ2n) is 26.0. The van der Waals surface area contributed by atoms with Crippen LogP contribution in [-0.4, -0.2) is 119 Å². The summed E-state index contributed by atoms with van der Waals surface area (Å²) >= 11 is 17.6. The van der Waals surface area contributed by atoms with Crippen molar-refractivity contribution in [3.05, 3.63) is 121 Å². The summed E-state index contributed by atoms with van der Waals surface area (Å²) in [7, 11) is 1.50. The molecule has 5 amide bonds. The number of aromatic nitrogens is 6. The van der Waals surface area contributed by atoms with E-state index in [9.17, 15) is 63.5 Å². The van der Waals surface area contributed by atoms with Crippen LogP contribution in [0.2, 0.25) is 15.1 Å². The number of nitrogens with one attached hydrogen (secondary N) is 1. The normalized spacial score (nSPS) is 18.3. The van der Waals surface area contributed by atoms with Gasteiger partial charge in [0, 0.05) is 81.3 Å². The first-order chi connectivity index (χ1) is 43.1. The Hall–Kier alpha value is -7.40. The lowest BCUT2D eigenvalue weighted by Gasteiger charge is -2.52. The van der Waals surface area contributed by atoms with Crippen molar-refractivity contribution in [3.63, 3.8) is 0 Å². The number of carbonyl (C=O) groups excluding carboxylic acids is 5. The molecule has 3 aromatic carbocycles. The van der Waals surface area contributed by atoms with E-state index in [1.807, 2.05) is 34.6 Å². The third kappa shape index (κ3) is 14.7. The molecule has 3 spiro atoms. The van der Waals surface area contributed by atoms with Gasteiger partial charge in [-0.2, -0.15) is 15.3 Å². The summed E-state index contributed by atoms with van der Waals surface area (Å²) in [6.45, 7) is 15.3.